The second kappa shape index (κ2) is 2.91. The third-order valence-electron chi connectivity index (χ3n) is 1.34. The molecule has 2 aliphatic rings. The molecule has 0 aliphatic carbocycles. The fourth-order valence-corrected chi connectivity index (χ4v) is 1.97. The highest BCUT2D eigenvalue weighted by atomic mass is 35.5. The fourth-order valence-electron chi connectivity index (χ4n) is 0.922. The van der Waals surface area contributed by atoms with E-state index in [4.69, 9.17) is 4.74 Å². The van der Waals surface area contributed by atoms with Crippen LogP contribution in [0.4, 0.5) is 0 Å². The van der Waals surface area contributed by atoms with Crippen molar-refractivity contribution in [2.45, 2.75) is 0 Å². The first kappa shape index (κ1) is 9.28. The van der Waals surface area contributed by atoms with Crippen LogP contribution in [0, 0.1) is 0 Å². The van der Waals surface area contributed by atoms with E-state index >= 15 is 0 Å². The summed E-state index contributed by atoms with van der Waals surface area (Å²) in [6.07, 6.45) is 1.53. The summed E-state index contributed by atoms with van der Waals surface area (Å²) in [7, 11) is -3.19. The molecule has 0 aromatic heterocycles. The average Bonchev–Trinajstić information content (AvgIpc) is 2.21. The summed E-state index contributed by atoms with van der Waals surface area (Å²) >= 11 is 0. The van der Waals surface area contributed by atoms with Crippen LogP contribution >= 0.6 is 12.4 Å². The fraction of sp³-hybridized carbons (Fsp3) is 0.167. The summed E-state index contributed by atoms with van der Waals surface area (Å²) < 4.78 is 26.8. The molecule has 0 fully saturated rings. The number of hydrogen-bond donors (Lipinski definition) is 0. The van der Waals surface area contributed by atoms with Gasteiger partial charge in [-0.05, 0) is 0 Å². The predicted octanol–water partition coefficient (Wildman–Crippen LogP) is 0.620. The molecule has 4 nitrogen and oxygen atoms in total. The van der Waals surface area contributed by atoms with E-state index in [0.717, 1.165) is 10.8 Å². The third-order valence-corrected chi connectivity index (χ3v) is 2.44. The lowest BCUT2D eigenvalue weighted by atomic mass is 10.4. The molecule has 0 bridgehead atoms. The Kier molecular flexibility index (Phi) is 2.25. The van der Waals surface area contributed by atoms with Gasteiger partial charge in [0.25, 0.3) is 0 Å². The molecule has 0 amide bonds. The summed E-state index contributed by atoms with van der Waals surface area (Å²) in [6.45, 7) is 0.346. The molecule has 0 unspecified atom stereocenters. The van der Waals surface area contributed by atoms with Gasteiger partial charge in [0.2, 0.25) is 0 Å². The van der Waals surface area contributed by atoms with Crippen LogP contribution in [0.3, 0.4) is 0 Å². The van der Waals surface area contributed by atoms with Crippen molar-refractivity contribution in [3.05, 3.63) is 22.3 Å². The monoisotopic (exact) mass is 207 g/mol. The minimum absolute atomic E-state index is 0. The number of rotatable bonds is 0. The Morgan fingerprint density at radius 1 is 1.42 bits per heavy atom. The normalized spacial score (nSPS) is 23.0. The highest BCUT2D eigenvalue weighted by molar-refractivity contribution is 7.97. The van der Waals surface area contributed by atoms with Crippen LogP contribution in [-0.2, 0) is 14.6 Å². The maximum absolute atomic E-state index is 10.9. The van der Waals surface area contributed by atoms with E-state index in [1.807, 2.05) is 0 Å². The van der Waals surface area contributed by atoms with Gasteiger partial charge in [-0.3, -0.25) is 4.99 Å². The van der Waals surface area contributed by atoms with Gasteiger partial charge in [-0.1, -0.05) is 0 Å². The van der Waals surface area contributed by atoms with Crippen LogP contribution in [0.1, 0.15) is 0 Å². The van der Waals surface area contributed by atoms with Gasteiger partial charge in [-0.25, -0.2) is 8.42 Å². The van der Waals surface area contributed by atoms with E-state index in [2.05, 4.69) is 4.99 Å². The first-order chi connectivity index (χ1) is 5.17. The first-order valence-corrected chi connectivity index (χ1v) is 4.62. The predicted molar refractivity (Wildman–Crippen MR) is 46.8 cm³/mol. The molecule has 0 aromatic rings. The number of aliphatic imine (C=N–C) groups is 1. The Morgan fingerprint density at radius 2 is 2.17 bits per heavy atom. The number of nitrogens with zero attached hydrogens (tertiary/aromatic N) is 1. The molecule has 2 aliphatic heterocycles. The van der Waals surface area contributed by atoms with Gasteiger partial charge < -0.3 is 4.74 Å². The molecule has 0 spiro atoms. The lowest BCUT2D eigenvalue weighted by molar-refractivity contribution is 0.265. The van der Waals surface area contributed by atoms with Gasteiger partial charge >= 0.3 is 0 Å². The molecule has 6 heteroatoms. The highest BCUT2D eigenvalue weighted by Crippen LogP contribution is 2.25. The Bertz CT molecular complexity index is 380. The smallest absolute Gasteiger partial charge is 0.199 e. The number of ether oxygens (including phenoxy) is 1. The van der Waals surface area contributed by atoms with Gasteiger partial charge in [0.15, 0.2) is 15.6 Å². The maximum atomic E-state index is 10.9. The van der Waals surface area contributed by atoms with E-state index in [1.54, 1.807) is 0 Å². The van der Waals surface area contributed by atoms with Gasteiger partial charge in [0.05, 0.1) is 10.8 Å². The summed E-state index contributed by atoms with van der Waals surface area (Å²) in [4.78, 5) is 3.85. The summed E-state index contributed by atoms with van der Waals surface area (Å²) in [5.74, 6) is 0.354. The van der Waals surface area contributed by atoms with E-state index < -0.39 is 9.84 Å². The Hall–Kier alpha value is -0.810. The van der Waals surface area contributed by atoms with Crippen molar-refractivity contribution in [1.82, 2.24) is 0 Å². The van der Waals surface area contributed by atoms with Crippen LogP contribution in [0.2, 0.25) is 0 Å². The lowest BCUT2D eigenvalue weighted by Gasteiger charge is -2.08. The molecule has 0 saturated heterocycles. The van der Waals surface area contributed by atoms with Crippen LogP contribution in [0.5, 0.6) is 0 Å². The third kappa shape index (κ3) is 1.51. The molecular formula is C6H6ClNO3S. The molecule has 0 saturated carbocycles. The molecule has 2 rings (SSSR count). The molecule has 12 heavy (non-hydrogen) atoms. The van der Waals surface area contributed by atoms with Crippen molar-refractivity contribution in [3.63, 3.8) is 0 Å². The lowest BCUT2D eigenvalue weighted by Crippen LogP contribution is -2.02. The summed E-state index contributed by atoms with van der Waals surface area (Å²) in [6, 6.07) is 0. The maximum Gasteiger partial charge on any atom is 0.199 e. The Morgan fingerprint density at radius 3 is 2.83 bits per heavy atom. The van der Waals surface area contributed by atoms with Gasteiger partial charge in [0, 0.05) is 6.21 Å². The average molecular weight is 208 g/mol. The zero-order chi connectivity index (χ0) is 7.90. The highest BCUT2D eigenvalue weighted by Gasteiger charge is 2.22. The molecule has 66 valence electrons. The SMILES string of the molecule is Cl.O=S1(=O)C=C2N=CCOC2=C1. The van der Waals surface area contributed by atoms with E-state index in [9.17, 15) is 8.42 Å². The molecular weight excluding hydrogens is 202 g/mol. The number of halogens is 1. The van der Waals surface area contributed by atoms with Crippen molar-refractivity contribution in [2.75, 3.05) is 6.61 Å². The van der Waals surface area contributed by atoms with Crippen LogP contribution in [-0.4, -0.2) is 21.2 Å². The van der Waals surface area contributed by atoms with E-state index in [-0.39, 0.29) is 12.4 Å². The quantitative estimate of drug-likeness (QED) is 0.585. The number of fused-ring (bicyclic) bond motifs is 1. The van der Waals surface area contributed by atoms with Crippen LogP contribution in [0.25, 0.3) is 0 Å². The Labute approximate surface area is 76.0 Å². The first-order valence-electron chi connectivity index (χ1n) is 3.01. The van der Waals surface area contributed by atoms with Gasteiger partial charge in [-0.15, -0.1) is 12.4 Å². The number of hydrogen-bond acceptors (Lipinski definition) is 4. The summed E-state index contributed by atoms with van der Waals surface area (Å²) in [5, 5.41) is 2.18. The molecule has 0 atom stereocenters. The Balaban J connectivity index is 0.000000720. The minimum Gasteiger partial charge on any atom is -0.485 e. The van der Waals surface area contributed by atoms with Gasteiger partial charge in [0.1, 0.15) is 12.3 Å². The standard InChI is InChI=1S/C6H5NO3S.ClH/c8-11(9)3-5-6(4-11)10-2-1-7-5;/h1,3-4H,2H2;1H. The molecule has 0 N–H and O–H groups in total. The number of sulfone groups is 1. The molecule has 2 heterocycles. The van der Waals surface area contributed by atoms with Crippen molar-refractivity contribution in [1.29, 1.82) is 0 Å². The largest absolute Gasteiger partial charge is 0.485 e. The second-order valence-corrected chi connectivity index (χ2v) is 3.85. The minimum atomic E-state index is -3.19. The second-order valence-electron chi connectivity index (χ2n) is 2.20. The van der Waals surface area contributed by atoms with Crippen molar-refractivity contribution in [2.24, 2.45) is 4.99 Å². The summed E-state index contributed by atoms with van der Waals surface area (Å²) in [5.41, 5.74) is 0.399. The molecule has 0 aromatic carbocycles. The van der Waals surface area contributed by atoms with Crippen molar-refractivity contribution < 1.29 is 13.2 Å². The van der Waals surface area contributed by atoms with Crippen LogP contribution < -0.4 is 0 Å². The van der Waals surface area contributed by atoms with Crippen LogP contribution in [0.15, 0.2) is 27.3 Å². The van der Waals surface area contributed by atoms with E-state index in [1.165, 1.54) is 6.21 Å². The van der Waals surface area contributed by atoms with Gasteiger partial charge in [-0.2, -0.15) is 0 Å². The van der Waals surface area contributed by atoms with Crippen molar-refractivity contribution in [3.8, 4) is 0 Å². The zero-order valence-electron chi connectivity index (χ0n) is 5.93. The zero-order valence-corrected chi connectivity index (χ0v) is 7.56. The van der Waals surface area contributed by atoms with E-state index in [0.29, 0.717) is 18.1 Å². The molecule has 0 radical (unpaired) electrons. The topological polar surface area (TPSA) is 55.7 Å². The van der Waals surface area contributed by atoms with Crippen molar-refractivity contribution >= 4 is 28.5 Å².